The molecule has 0 aliphatic carbocycles. The maximum atomic E-state index is 13.8. The molecule has 3 amide bonds. The number of aromatic hydroxyl groups is 1. The number of pyridine rings is 1. The summed E-state index contributed by atoms with van der Waals surface area (Å²) >= 11 is 20.4. The van der Waals surface area contributed by atoms with Crippen LogP contribution in [0, 0.1) is 11.6 Å². The maximum absolute atomic E-state index is 13.8. The lowest BCUT2D eigenvalue weighted by atomic mass is 9.79. The van der Waals surface area contributed by atoms with Crippen molar-refractivity contribution in [3.05, 3.63) is 73.9 Å². The zero-order valence-corrected chi connectivity index (χ0v) is 25.5. The van der Waals surface area contributed by atoms with Crippen LogP contribution in [-0.2, 0) is 10.8 Å². The number of aromatic nitrogens is 1. The molecule has 4 N–H and O–H groups in total. The number of imide groups is 1. The zero-order chi connectivity index (χ0) is 30.2. The summed E-state index contributed by atoms with van der Waals surface area (Å²) in [7, 11) is 0. The molecular weight excluding hydrogens is 605 g/mol. The number of phenols is 1. The molecule has 0 aliphatic heterocycles. The quantitative estimate of drug-likeness (QED) is 0.167. The van der Waals surface area contributed by atoms with E-state index in [2.05, 4.69) is 15.8 Å². The Morgan fingerprint density at radius 3 is 1.95 bits per heavy atom. The molecule has 0 radical (unpaired) electrons. The number of hydrazine groups is 1. The molecule has 3 rings (SSSR count). The van der Waals surface area contributed by atoms with Gasteiger partial charge >= 0.3 is 6.03 Å². The summed E-state index contributed by atoms with van der Waals surface area (Å²) in [5.41, 5.74) is 4.33. The van der Waals surface area contributed by atoms with Crippen molar-refractivity contribution in [2.45, 2.75) is 62.2 Å². The molecule has 214 valence electrons. The fraction of sp³-hybridized carbons (Fsp3) is 0.296. The van der Waals surface area contributed by atoms with Gasteiger partial charge in [0.2, 0.25) is 0 Å². The molecule has 7 nitrogen and oxygen atoms in total. The number of benzene rings is 2. The molecule has 0 aliphatic rings. The Labute approximate surface area is 250 Å². The summed E-state index contributed by atoms with van der Waals surface area (Å²) in [6, 6.07) is 5.38. The fourth-order valence-corrected chi connectivity index (χ4v) is 5.42. The van der Waals surface area contributed by atoms with Gasteiger partial charge in [0, 0.05) is 16.0 Å². The number of anilines is 1. The minimum atomic E-state index is -1.30. The van der Waals surface area contributed by atoms with Crippen molar-refractivity contribution < 1.29 is 23.5 Å². The summed E-state index contributed by atoms with van der Waals surface area (Å²) in [5, 5.41) is 12.7. The van der Waals surface area contributed by atoms with E-state index < -0.39 is 29.1 Å². The van der Waals surface area contributed by atoms with Crippen LogP contribution in [0.2, 0.25) is 15.2 Å². The largest absolute Gasteiger partial charge is 0.507 e. The van der Waals surface area contributed by atoms with E-state index in [1.54, 1.807) is 5.32 Å². The van der Waals surface area contributed by atoms with Crippen molar-refractivity contribution in [1.82, 2.24) is 15.7 Å². The summed E-state index contributed by atoms with van der Waals surface area (Å²) in [6.45, 7) is 11.9. The molecule has 0 bridgehead atoms. The van der Waals surface area contributed by atoms with Gasteiger partial charge in [-0.1, -0.05) is 94.2 Å². The van der Waals surface area contributed by atoms with E-state index in [1.165, 1.54) is 11.8 Å². The first kappa shape index (κ1) is 31.7. The van der Waals surface area contributed by atoms with Gasteiger partial charge in [0.1, 0.15) is 28.0 Å². The SMILES string of the molecule is CC(C)(C)c1cc(Sc2c(Cl)c(Cl)nc(NNC(=O)NC(=O)c3c(F)cccc3F)c2Cl)cc(C(C)(C)C)c1O. The monoisotopic (exact) mass is 630 g/mol. The number of carbonyl (C=O) groups excluding carboxylic acids is 2. The molecule has 1 aromatic heterocycles. The van der Waals surface area contributed by atoms with Gasteiger partial charge < -0.3 is 5.11 Å². The highest BCUT2D eigenvalue weighted by atomic mass is 35.5. The van der Waals surface area contributed by atoms with Crippen molar-refractivity contribution in [1.29, 1.82) is 0 Å². The van der Waals surface area contributed by atoms with E-state index in [-0.39, 0.29) is 37.6 Å². The standard InChI is InChI=1S/C27H27Cl3F2N4O3S/c1-26(2,3)13-10-12(11-14(20(13)37)27(4,5)6)40-21-18(28)22(30)33-23(19(21)29)35-36-25(39)34-24(38)17-15(31)8-7-9-16(17)32/h7-11,37H,1-6H3,(H,33,35)(H2,34,36,38,39). The van der Waals surface area contributed by atoms with Gasteiger partial charge in [0.25, 0.3) is 5.91 Å². The molecule has 0 saturated carbocycles. The Balaban J connectivity index is 1.89. The van der Waals surface area contributed by atoms with E-state index in [0.717, 1.165) is 29.3 Å². The van der Waals surface area contributed by atoms with Gasteiger partial charge in [0.05, 0.1) is 9.92 Å². The molecule has 40 heavy (non-hydrogen) atoms. The first-order valence-corrected chi connectivity index (χ1v) is 13.8. The second-order valence-corrected chi connectivity index (χ2v) is 13.0. The number of nitrogens with one attached hydrogen (secondary N) is 3. The van der Waals surface area contributed by atoms with Crippen LogP contribution in [0.15, 0.2) is 40.1 Å². The van der Waals surface area contributed by atoms with Crippen LogP contribution in [0.25, 0.3) is 0 Å². The zero-order valence-electron chi connectivity index (χ0n) is 22.4. The number of hydrogen-bond acceptors (Lipinski definition) is 6. The van der Waals surface area contributed by atoms with Crippen molar-refractivity contribution in [3.63, 3.8) is 0 Å². The number of nitrogens with zero attached hydrogens (tertiary/aromatic N) is 1. The predicted octanol–water partition coefficient (Wildman–Crippen LogP) is 8.24. The van der Waals surface area contributed by atoms with E-state index in [0.29, 0.717) is 9.79 Å². The number of hydrogen-bond donors (Lipinski definition) is 4. The van der Waals surface area contributed by atoms with Crippen LogP contribution in [0.1, 0.15) is 63.0 Å². The highest BCUT2D eigenvalue weighted by Gasteiger charge is 2.28. The van der Waals surface area contributed by atoms with Gasteiger partial charge in [-0.25, -0.2) is 24.0 Å². The number of amides is 3. The Morgan fingerprint density at radius 2 is 1.45 bits per heavy atom. The predicted molar refractivity (Wildman–Crippen MR) is 155 cm³/mol. The molecular formula is C27H27Cl3F2N4O3S. The molecule has 0 unspecified atom stereocenters. The number of rotatable bonds is 5. The number of carbonyl (C=O) groups is 2. The minimum Gasteiger partial charge on any atom is -0.507 e. The summed E-state index contributed by atoms with van der Waals surface area (Å²) < 4.78 is 27.7. The highest BCUT2D eigenvalue weighted by Crippen LogP contribution is 2.47. The molecule has 13 heteroatoms. The second-order valence-electron chi connectivity index (χ2n) is 10.8. The van der Waals surface area contributed by atoms with E-state index in [1.807, 2.05) is 53.7 Å². The molecule has 0 saturated heterocycles. The lowest BCUT2D eigenvalue weighted by Crippen LogP contribution is -2.43. The first-order chi connectivity index (χ1) is 18.4. The molecule has 0 spiro atoms. The van der Waals surface area contributed by atoms with Crippen molar-refractivity contribution in [2.24, 2.45) is 0 Å². The van der Waals surface area contributed by atoms with Crippen molar-refractivity contribution in [2.75, 3.05) is 5.43 Å². The third kappa shape index (κ3) is 7.09. The smallest absolute Gasteiger partial charge is 0.340 e. The Hall–Kier alpha value is -2.79. The summed E-state index contributed by atoms with van der Waals surface area (Å²) in [5.74, 6) is -3.46. The lowest BCUT2D eigenvalue weighted by Gasteiger charge is -2.28. The third-order valence-electron chi connectivity index (χ3n) is 5.63. The van der Waals surface area contributed by atoms with Gasteiger partial charge in [-0.05, 0) is 35.1 Å². The number of phenolic OH excluding ortho intramolecular Hbond substituents is 1. The molecule has 1 heterocycles. The third-order valence-corrected chi connectivity index (χ3v) is 8.04. The van der Waals surface area contributed by atoms with Gasteiger partial charge in [-0.3, -0.25) is 15.5 Å². The van der Waals surface area contributed by atoms with E-state index in [4.69, 9.17) is 34.8 Å². The molecule has 0 fully saturated rings. The molecule has 0 atom stereocenters. The van der Waals surface area contributed by atoms with E-state index in [9.17, 15) is 23.5 Å². The van der Waals surface area contributed by atoms with E-state index >= 15 is 0 Å². The van der Waals surface area contributed by atoms with Gasteiger partial charge in [-0.2, -0.15) is 0 Å². The van der Waals surface area contributed by atoms with Crippen LogP contribution in [-0.4, -0.2) is 22.0 Å². The number of urea groups is 1. The normalized spacial score (nSPS) is 11.8. The van der Waals surface area contributed by atoms with Crippen molar-refractivity contribution >= 4 is 64.3 Å². The first-order valence-electron chi connectivity index (χ1n) is 11.8. The van der Waals surface area contributed by atoms with Crippen molar-refractivity contribution in [3.8, 4) is 5.75 Å². The Bertz CT molecular complexity index is 1440. The Kier molecular flexibility index (Phi) is 9.51. The Morgan fingerprint density at radius 1 is 0.925 bits per heavy atom. The van der Waals surface area contributed by atoms with Crippen LogP contribution in [0.4, 0.5) is 19.4 Å². The lowest BCUT2D eigenvalue weighted by molar-refractivity contribution is 0.0956. The summed E-state index contributed by atoms with van der Waals surface area (Å²) in [6.07, 6.45) is 0. The molecule has 2 aromatic carbocycles. The maximum Gasteiger partial charge on any atom is 0.340 e. The van der Waals surface area contributed by atoms with Crippen LogP contribution in [0.3, 0.4) is 0 Å². The second kappa shape index (κ2) is 12.0. The average Bonchev–Trinajstić information content (AvgIpc) is 2.82. The average molecular weight is 632 g/mol. The summed E-state index contributed by atoms with van der Waals surface area (Å²) in [4.78, 5) is 29.5. The fourth-order valence-electron chi connectivity index (χ4n) is 3.62. The van der Waals surface area contributed by atoms with Gasteiger partial charge in [-0.15, -0.1) is 0 Å². The van der Waals surface area contributed by atoms with Crippen LogP contribution < -0.4 is 16.2 Å². The molecule has 3 aromatic rings. The van der Waals surface area contributed by atoms with Crippen LogP contribution in [0.5, 0.6) is 5.75 Å². The topological polar surface area (TPSA) is 103 Å². The number of halogens is 5. The van der Waals surface area contributed by atoms with Crippen LogP contribution >= 0.6 is 46.6 Å². The minimum absolute atomic E-state index is 0.00568. The highest BCUT2D eigenvalue weighted by molar-refractivity contribution is 7.99. The van der Waals surface area contributed by atoms with Gasteiger partial charge in [0.15, 0.2) is 11.0 Å².